The zero-order valence-electron chi connectivity index (χ0n) is 8.53. The van der Waals surface area contributed by atoms with Crippen LogP contribution in [0.15, 0.2) is 0 Å². The second-order valence-electron chi connectivity index (χ2n) is 2.09. The predicted octanol–water partition coefficient (Wildman–Crippen LogP) is -2.87. The number of ether oxygens (including phenoxy) is 1. The molecule has 0 unspecified atom stereocenters. The summed E-state index contributed by atoms with van der Waals surface area (Å²) in [5.41, 5.74) is 0. The molecule has 0 spiro atoms. The van der Waals surface area contributed by atoms with Gasteiger partial charge in [0.15, 0.2) is 0 Å². The minimum atomic E-state index is -4.64. The summed E-state index contributed by atoms with van der Waals surface area (Å²) in [6.07, 6.45) is 0. The summed E-state index contributed by atoms with van der Waals surface area (Å²) in [6.45, 7) is 0.696. The van der Waals surface area contributed by atoms with Crippen molar-refractivity contribution in [3.05, 3.63) is 0 Å². The highest BCUT2D eigenvalue weighted by Crippen LogP contribution is 2.26. The molecule has 0 saturated heterocycles. The number of aliphatic hydroxyl groups is 2. The van der Waals surface area contributed by atoms with Gasteiger partial charge in [-0.1, -0.05) is 0 Å². The number of phosphoric acid groups is 2. The summed E-state index contributed by atoms with van der Waals surface area (Å²) in [6, 6.07) is 0. The molecule has 0 rings (SSSR count). The lowest BCUT2D eigenvalue weighted by Crippen LogP contribution is -2.03. The molecule has 13 heteroatoms. The highest BCUT2D eigenvalue weighted by atomic mass is 31.2. The monoisotopic (exact) mass is 302 g/mol. The van der Waals surface area contributed by atoms with E-state index in [-0.39, 0.29) is 13.2 Å². The SMILES string of the molecule is O=P(O)(O)O.O=P(O)(O)O.OCCOCCO. The van der Waals surface area contributed by atoms with Crippen LogP contribution in [-0.2, 0) is 13.9 Å². The summed E-state index contributed by atoms with van der Waals surface area (Å²) < 4.78 is 22.4. The molecule has 0 aliphatic heterocycles. The summed E-state index contributed by atoms with van der Waals surface area (Å²) in [5, 5.41) is 16.2. The fourth-order valence-electron chi connectivity index (χ4n) is 0.231. The largest absolute Gasteiger partial charge is 0.466 e. The Morgan fingerprint density at radius 3 is 1.00 bits per heavy atom. The number of rotatable bonds is 4. The summed E-state index contributed by atoms with van der Waals surface area (Å²) >= 11 is 0. The van der Waals surface area contributed by atoms with Crippen LogP contribution in [0, 0.1) is 0 Å². The van der Waals surface area contributed by atoms with Gasteiger partial charge in [0.05, 0.1) is 26.4 Å². The van der Waals surface area contributed by atoms with Gasteiger partial charge in [0, 0.05) is 0 Å². The van der Waals surface area contributed by atoms with E-state index in [9.17, 15) is 0 Å². The molecule has 0 heterocycles. The predicted molar refractivity (Wildman–Crippen MR) is 53.5 cm³/mol. The van der Waals surface area contributed by atoms with Crippen molar-refractivity contribution >= 4 is 15.6 Å². The van der Waals surface area contributed by atoms with E-state index >= 15 is 0 Å². The summed E-state index contributed by atoms with van der Waals surface area (Å²) in [4.78, 5) is 43.1. The average molecular weight is 302 g/mol. The maximum absolute atomic E-state index is 8.88. The van der Waals surface area contributed by atoms with Gasteiger partial charge in [-0.05, 0) is 0 Å². The van der Waals surface area contributed by atoms with Gasteiger partial charge in [-0.3, -0.25) is 0 Å². The van der Waals surface area contributed by atoms with Gasteiger partial charge in [-0.2, -0.15) is 0 Å². The third-order valence-corrected chi connectivity index (χ3v) is 0.471. The molecular weight excluding hydrogens is 286 g/mol. The first kappa shape index (κ1) is 22.3. The van der Waals surface area contributed by atoms with Crippen molar-refractivity contribution in [2.24, 2.45) is 0 Å². The second-order valence-corrected chi connectivity index (χ2v) is 4.14. The first-order valence-corrected chi connectivity index (χ1v) is 6.91. The van der Waals surface area contributed by atoms with E-state index in [1.54, 1.807) is 0 Å². The molecule has 8 N–H and O–H groups in total. The lowest BCUT2D eigenvalue weighted by Gasteiger charge is -1.94. The molecule has 11 nitrogen and oxygen atoms in total. The summed E-state index contributed by atoms with van der Waals surface area (Å²) in [5.74, 6) is 0. The number of aliphatic hydroxyl groups excluding tert-OH is 2. The van der Waals surface area contributed by atoms with E-state index in [1.165, 1.54) is 0 Å². The van der Waals surface area contributed by atoms with Crippen LogP contribution in [0.25, 0.3) is 0 Å². The van der Waals surface area contributed by atoms with Gasteiger partial charge in [-0.15, -0.1) is 0 Å². The Balaban J connectivity index is -0.000000177. The quantitative estimate of drug-likeness (QED) is 0.195. The van der Waals surface area contributed by atoms with Crippen molar-refractivity contribution in [2.45, 2.75) is 0 Å². The van der Waals surface area contributed by atoms with Crippen LogP contribution in [0.3, 0.4) is 0 Å². The van der Waals surface area contributed by atoms with Gasteiger partial charge in [0.2, 0.25) is 0 Å². The topological polar surface area (TPSA) is 205 Å². The van der Waals surface area contributed by atoms with E-state index < -0.39 is 15.6 Å². The number of hydrogen-bond donors (Lipinski definition) is 8. The molecule has 0 aliphatic carbocycles. The van der Waals surface area contributed by atoms with Crippen molar-refractivity contribution in [1.29, 1.82) is 0 Å². The van der Waals surface area contributed by atoms with Gasteiger partial charge >= 0.3 is 15.6 Å². The fraction of sp³-hybridized carbons (Fsp3) is 1.00. The normalized spacial score (nSPS) is 10.8. The zero-order chi connectivity index (χ0) is 14.5. The molecule has 0 aromatic rings. The van der Waals surface area contributed by atoms with Crippen LogP contribution in [0.4, 0.5) is 0 Å². The molecule has 0 aromatic carbocycles. The Labute approximate surface area is 96.4 Å². The van der Waals surface area contributed by atoms with Crippen molar-refractivity contribution in [3.8, 4) is 0 Å². The van der Waals surface area contributed by atoms with E-state index in [0.717, 1.165) is 0 Å². The molecule has 108 valence electrons. The Bertz CT molecular complexity index is 189. The standard InChI is InChI=1S/C4H10O3.2H3O4P/c5-1-3-7-4-2-6;2*1-5(2,3)4/h5-6H,1-4H2;2*(H3,1,2,3,4). The van der Waals surface area contributed by atoms with E-state index in [4.69, 9.17) is 48.7 Å². The van der Waals surface area contributed by atoms with Crippen molar-refractivity contribution in [3.63, 3.8) is 0 Å². The summed E-state index contributed by atoms with van der Waals surface area (Å²) in [7, 11) is -9.28. The maximum atomic E-state index is 8.88. The van der Waals surface area contributed by atoms with Gasteiger partial charge in [0.25, 0.3) is 0 Å². The van der Waals surface area contributed by atoms with E-state index in [0.29, 0.717) is 13.2 Å². The molecule has 0 aromatic heterocycles. The molecule has 0 atom stereocenters. The van der Waals surface area contributed by atoms with Crippen molar-refractivity contribution in [1.82, 2.24) is 0 Å². The first-order chi connectivity index (χ1) is 7.41. The lowest BCUT2D eigenvalue weighted by molar-refractivity contribution is 0.0650. The van der Waals surface area contributed by atoms with E-state index in [2.05, 4.69) is 4.74 Å². The van der Waals surface area contributed by atoms with Crippen LogP contribution in [0.5, 0.6) is 0 Å². The molecule has 0 saturated carbocycles. The highest BCUT2D eigenvalue weighted by molar-refractivity contribution is 7.45. The minimum absolute atomic E-state index is 0.0278. The Kier molecular flexibility index (Phi) is 16.5. The van der Waals surface area contributed by atoms with Crippen molar-refractivity contribution in [2.75, 3.05) is 26.4 Å². The first-order valence-electron chi connectivity index (χ1n) is 3.77. The fourth-order valence-corrected chi connectivity index (χ4v) is 0.231. The maximum Gasteiger partial charge on any atom is 0.466 e. The van der Waals surface area contributed by atoms with Crippen LogP contribution < -0.4 is 0 Å². The molecule has 0 aliphatic rings. The Hall–Kier alpha value is 0.100. The third kappa shape index (κ3) is 190. The number of hydrogen-bond acceptors (Lipinski definition) is 5. The molecule has 0 amide bonds. The highest BCUT2D eigenvalue weighted by Gasteiger charge is 2.00. The van der Waals surface area contributed by atoms with Gasteiger partial charge in [0.1, 0.15) is 0 Å². The van der Waals surface area contributed by atoms with Crippen LogP contribution in [0.2, 0.25) is 0 Å². The second kappa shape index (κ2) is 12.6. The molecule has 17 heavy (non-hydrogen) atoms. The Morgan fingerprint density at radius 1 is 0.706 bits per heavy atom. The molecule has 0 bridgehead atoms. The van der Waals surface area contributed by atoms with Gasteiger partial charge in [-0.25, -0.2) is 9.13 Å². The smallest absolute Gasteiger partial charge is 0.394 e. The average Bonchev–Trinajstić information content (AvgIpc) is 1.99. The van der Waals surface area contributed by atoms with Crippen LogP contribution in [-0.4, -0.2) is 66.0 Å². The van der Waals surface area contributed by atoms with Gasteiger partial charge < -0.3 is 44.3 Å². The van der Waals surface area contributed by atoms with Crippen molar-refractivity contribution < 1.29 is 53.4 Å². The van der Waals surface area contributed by atoms with E-state index in [1.807, 2.05) is 0 Å². The lowest BCUT2D eigenvalue weighted by atomic mass is 10.7. The minimum Gasteiger partial charge on any atom is -0.394 e. The Morgan fingerprint density at radius 2 is 0.882 bits per heavy atom. The molecular formula is C4H16O11P2. The molecule has 0 fully saturated rings. The zero-order valence-corrected chi connectivity index (χ0v) is 10.3. The van der Waals surface area contributed by atoms with Crippen LogP contribution >= 0.6 is 15.6 Å². The van der Waals surface area contributed by atoms with Crippen LogP contribution in [0.1, 0.15) is 0 Å². The third-order valence-electron chi connectivity index (χ3n) is 0.471. The molecule has 0 radical (unpaired) electrons.